The SMILES string of the molecule is c1coc(-c2ccccc2C2=NCCO2)c1. The van der Waals surface area contributed by atoms with Gasteiger partial charge in [-0.15, -0.1) is 0 Å². The van der Waals surface area contributed by atoms with Crippen molar-refractivity contribution in [3.05, 3.63) is 48.2 Å². The summed E-state index contributed by atoms with van der Waals surface area (Å²) in [5.74, 6) is 1.56. The Balaban J connectivity index is 2.11. The van der Waals surface area contributed by atoms with Gasteiger partial charge in [-0.1, -0.05) is 18.2 Å². The second-order valence-corrected chi connectivity index (χ2v) is 3.56. The lowest BCUT2D eigenvalue weighted by atomic mass is 10.1. The fraction of sp³-hybridized carbons (Fsp3) is 0.154. The number of hydrogen-bond acceptors (Lipinski definition) is 3. The van der Waals surface area contributed by atoms with Gasteiger partial charge in [0, 0.05) is 11.1 Å². The lowest BCUT2D eigenvalue weighted by Crippen LogP contribution is -2.02. The first-order valence-corrected chi connectivity index (χ1v) is 5.26. The number of benzene rings is 1. The highest BCUT2D eigenvalue weighted by molar-refractivity contribution is 6.00. The molecule has 0 spiro atoms. The number of aliphatic imine (C=N–C) groups is 1. The van der Waals surface area contributed by atoms with Crippen LogP contribution in [0.1, 0.15) is 5.56 Å². The van der Waals surface area contributed by atoms with Crippen molar-refractivity contribution in [2.24, 2.45) is 4.99 Å². The van der Waals surface area contributed by atoms with E-state index in [1.807, 2.05) is 36.4 Å². The van der Waals surface area contributed by atoms with Gasteiger partial charge < -0.3 is 9.15 Å². The third kappa shape index (κ3) is 1.50. The smallest absolute Gasteiger partial charge is 0.217 e. The molecule has 80 valence electrons. The Morgan fingerprint density at radius 2 is 1.88 bits per heavy atom. The van der Waals surface area contributed by atoms with Crippen LogP contribution in [0, 0.1) is 0 Å². The molecule has 0 saturated carbocycles. The molecule has 1 aliphatic heterocycles. The minimum absolute atomic E-state index is 0.668. The Labute approximate surface area is 93.4 Å². The van der Waals surface area contributed by atoms with E-state index in [1.54, 1.807) is 6.26 Å². The third-order valence-corrected chi connectivity index (χ3v) is 2.53. The van der Waals surface area contributed by atoms with Gasteiger partial charge in [0.15, 0.2) is 0 Å². The van der Waals surface area contributed by atoms with Gasteiger partial charge in [0.2, 0.25) is 5.90 Å². The van der Waals surface area contributed by atoms with Crippen LogP contribution in [-0.2, 0) is 4.74 Å². The molecule has 16 heavy (non-hydrogen) atoms. The molecule has 0 fully saturated rings. The second kappa shape index (κ2) is 3.85. The molecule has 0 saturated heterocycles. The molecule has 1 aromatic carbocycles. The fourth-order valence-electron chi connectivity index (χ4n) is 1.81. The monoisotopic (exact) mass is 213 g/mol. The fourth-order valence-corrected chi connectivity index (χ4v) is 1.81. The van der Waals surface area contributed by atoms with Crippen molar-refractivity contribution in [2.75, 3.05) is 13.2 Å². The zero-order chi connectivity index (χ0) is 10.8. The number of furan rings is 1. The van der Waals surface area contributed by atoms with Crippen LogP contribution in [-0.4, -0.2) is 19.0 Å². The maximum absolute atomic E-state index is 5.49. The van der Waals surface area contributed by atoms with Crippen molar-refractivity contribution in [2.45, 2.75) is 0 Å². The summed E-state index contributed by atoms with van der Waals surface area (Å²) in [6, 6.07) is 11.8. The number of nitrogens with zero attached hydrogens (tertiary/aromatic N) is 1. The largest absolute Gasteiger partial charge is 0.475 e. The molecule has 2 aromatic rings. The van der Waals surface area contributed by atoms with Crippen LogP contribution in [0.2, 0.25) is 0 Å². The Morgan fingerprint density at radius 1 is 1.00 bits per heavy atom. The van der Waals surface area contributed by atoms with Gasteiger partial charge >= 0.3 is 0 Å². The van der Waals surface area contributed by atoms with Gasteiger partial charge in [-0.25, -0.2) is 4.99 Å². The summed E-state index contributed by atoms with van der Waals surface area (Å²) in [7, 11) is 0. The molecule has 3 heteroatoms. The van der Waals surface area contributed by atoms with Crippen molar-refractivity contribution in [1.82, 2.24) is 0 Å². The van der Waals surface area contributed by atoms with Crippen molar-refractivity contribution < 1.29 is 9.15 Å². The minimum Gasteiger partial charge on any atom is -0.475 e. The van der Waals surface area contributed by atoms with Crippen LogP contribution >= 0.6 is 0 Å². The topological polar surface area (TPSA) is 34.7 Å². The summed E-state index contributed by atoms with van der Waals surface area (Å²) in [6.45, 7) is 1.41. The molecular weight excluding hydrogens is 202 g/mol. The molecule has 1 aromatic heterocycles. The van der Waals surface area contributed by atoms with Gasteiger partial charge in [-0.05, 0) is 18.2 Å². The predicted molar refractivity (Wildman–Crippen MR) is 61.5 cm³/mol. The molecule has 0 unspecified atom stereocenters. The van der Waals surface area contributed by atoms with Crippen LogP contribution in [0.3, 0.4) is 0 Å². The maximum Gasteiger partial charge on any atom is 0.217 e. The minimum atomic E-state index is 0.668. The van der Waals surface area contributed by atoms with Gasteiger partial charge in [0.1, 0.15) is 12.4 Å². The van der Waals surface area contributed by atoms with Crippen molar-refractivity contribution in [3.63, 3.8) is 0 Å². The third-order valence-electron chi connectivity index (χ3n) is 2.53. The molecule has 0 N–H and O–H groups in total. The molecule has 0 bridgehead atoms. The zero-order valence-corrected chi connectivity index (χ0v) is 8.72. The van der Waals surface area contributed by atoms with E-state index in [9.17, 15) is 0 Å². The summed E-state index contributed by atoms with van der Waals surface area (Å²) < 4.78 is 10.9. The van der Waals surface area contributed by atoms with Crippen LogP contribution in [0.25, 0.3) is 11.3 Å². The van der Waals surface area contributed by atoms with Crippen molar-refractivity contribution in [1.29, 1.82) is 0 Å². The van der Waals surface area contributed by atoms with Crippen LogP contribution in [0.5, 0.6) is 0 Å². The number of hydrogen-bond donors (Lipinski definition) is 0. The van der Waals surface area contributed by atoms with E-state index in [-0.39, 0.29) is 0 Å². The Kier molecular flexibility index (Phi) is 2.22. The normalized spacial score (nSPS) is 14.6. The lowest BCUT2D eigenvalue weighted by Gasteiger charge is -2.06. The molecule has 3 nitrogen and oxygen atoms in total. The standard InChI is InChI=1S/C13H11NO2/c1-2-5-11(13-14-7-9-16-13)10(4-1)12-6-3-8-15-12/h1-6,8H,7,9H2. The molecular formula is C13H11NO2. The van der Waals surface area contributed by atoms with Crippen LogP contribution in [0.15, 0.2) is 52.1 Å². The second-order valence-electron chi connectivity index (χ2n) is 3.56. The average molecular weight is 213 g/mol. The first-order chi connectivity index (χ1) is 7.95. The highest BCUT2D eigenvalue weighted by Crippen LogP contribution is 2.25. The first-order valence-electron chi connectivity index (χ1n) is 5.26. The van der Waals surface area contributed by atoms with Crippen LogP contribution < -0.4 is 0 Å². The van der Waals surface area contributed by atoms with E-state index >= 15 is 0 Å². The summed E-state index contributed by atoms with van der Waals surface area (Å²) in [4.78, 5) is 4.33. The van der Waals surface area contributed by atoms with Gasteiger partial charge in [0.05, 0.1) is 12.8 Å². The van der Waals surface area contributed by atoms with E-state index in [1.165, 1.54) is 0 Å². The predicted octanol–water partition coefficient (Wildman–Crippen LogP) is 2.72. The summed E-state index contributed by atoms with van der Waals surface area (Å²) in [5.41, 5.74) is 2.02. The van der Waals surface area contributed by atoms with Crippen molar-refractivity contribution >= 4 is 5.90 Å². The summed E-state index contributed by atoms with van der Waals surface area (Å²) in [5, 5.41) is 0. The quantitative estimate of drug-likeness (QED) is 0.768. The molecule has 1 aliphatic rings. The highest BCUT2D eigenvalue weighted by atomic mass is 16.5. The van der Waals surface area contributed by atoms with Gasteiger partial charge in [-0.3, -0.25) is 0 Å². The van der Waals surface area contributed by atoms with E-state index in [2.05, 4.69) is 4.99 Å². The van der Waals surface area contributed by atoms with Gasteiger partial charge in [-0.2, -0.15) is 0 Å². The van der Waals surface area contributed by atoms with E-state index in [0.717, 1.165) is 23.4 Å². The summed E-state index contributed by atoms with van der Waals surface area (Å²) >= 11 is 0. The molecule has 0 radical (unpaired) electrons. The first kappa shape index (κ1) is 9.21. The zero-order valence-electron chi connectivity index (χ0n) is 8.72. The Morgan fingerprint density at radius 3 is 2.56 bits per heavy atom. The molecule has 0 atom stereocenters. The molecule has 2 heterocycles. The Hall–Kier alpha value is -2.03. The lowest BCUT2D eigenvalue weighted by molar-refractivity contribution is 0.348. The highest BCUT2D eigenvalue weighted by Gasteiger charge is 2.16. The van der Waals surface area contributed by atoms with E-state index < -0.39 is 0 Å². The summed E-state index contributed by atoms with van der Waals surface area (Å²) in [6.07, 6.45) is 1.67. The molecule has 0 aliphatic carbocycles. The average Bonchev–Trinajstić information content (AvgIpc) is 3.03. The molecule has 3 rings (SSSR count). The Bertz CT molecular complexity index is 514. The van der Waals surface area contributed by atoms with E-state index in [4.69, 9.17) is 9.15 Å². The number of rotatable bonds is 2. The maximum atomic E-state index is 5.49. The van der Waals surface area contributed by atoms with Crippen LogP contribution in [0.4, 0.5) is 0 Å². The molecule has 0 amide bonds. The van der Waals surface area contributed by atoms with Gasteiger partial charge in [0.25, 0.3) is 0 Å². The number of ether oxygens (including phenoxy) is 1. The van der Waals surface area contributed by atoms with E-state index in [0.29, 0.717) is 12.5 Å². The van der Waals surface area contributed by atoms with Crippen molar-refractivity contribution in [3.8, 4) is 11.3 Å².